The molecule has 1 aliphatic rings. The number of carbonyl (C=O) groups is 1. The van der Waals surface area contributed by atoms with Gasteiger partial charge in [-0.25, -0.2) is 0 Å². The smallest absolute Gasteiger partial charge is 0.256 e. The number of hydrogen-bond acceptors (Lipinski definition) is 6. The fourth-order valence-electron chi connectivity index (χ4n) is 2.88. The molecule has 120 valence electrons. The summed E-state index contributed by atoms with van der Waals surface area (Å²) in [6.45, 7) is 1.46. The van der Waals surface area contributed by atoms with Gasteiger partial charge in [-0.2, -0.15) is 10.2 Å². The van der Waals surface area contributed by atoms with Gasteiger partial charge in [0.05, 0.1) is 41.6 Å². The van der Waals surface area contributed by atoms with Gasteiger partial charge < -0.3 is 9.80 Å². The van der Waals surface area contributed by atoms with E-state index in [1.807, 2.05) is 23.9 Å². The summed E-state index contributed by atoms with van der Waals surface area (Å²) >= 11 is 0. The van der Waals surface area contributed by atoms with Crippen LogP contribution in [-0.4, -0.2) is 56.5 Å². The van der Waals surface area contributed by atoms with Gasteiger partial charge in [0.1, 0.15) is 0 Å². The van der Waals surface area contributed by atoms with Crippen LogP contribution in [0.15, 0.2) is 30.9 Å². The van der Waals surface area contributed by atoms with E-state index < -0.39 is 0 Å². The van der Waals surface area contributed by atoms with Gasteiger partial charge in [0.2, 0.25) is 0 Å². The summed E-state index contributed by atoms with van der Waals surface area (Å²) in [5, 5.41) is 7.51. The molecule has 0 saturated carbocycles. The Morgan fingerprint density at radius 2 is 2.17 bits per heavy atom. The van der Waals surface area contributed by atoms with Gasteiger partial charge in [0, 0.05) is 19.3 Å². The van der Waals surface area contributed by atoms with E-state index >= 15 is 0 Å². The molecular formula is C16H20N6O. The van der Waals surface area contributed by atoms with Crippen molar-refractivity contribution < 1.29 is 4.79 Å². The van der Waals surface area contributed by atoms with Gasteiger partial charge in [-0.1, -0.05) is 0 Å². The Morgan fingerprint density at radius 3 is 2.91 bits per heavy atom. The number of likely N-dealkylation sites (tertiary alicyclic amines) is 1. The molecule has 1 atom stereocenters. The number of hydrogen-bond donors (Lipinski definition) is 0. The van der Waals surface area contributed by atoms with Crippen LogP contribution in [0.2, 0.25) is 0 Å². The van der Waals surface area contributed by atoms with Crippen LogP contribution in [0.3, 0.4) is 0 Å². The molecule has 1 saturated heterocycles. The van der Waals surface area contributed by atoms with Crippen molar-refractivity contribution in [3.05, 3.63) is 47.8 Å². The maximum Gasteiger partial charge on any atom is 0.256 e. The van der Waals surface area contributed by atoms with Gasteiger partial charge in [-0.05, 0) is 33.0 Å². The molecule has 3 rings (SSSR count). The normalized spacial score (nSPS) is 17.7. The van der Waals surface area contributed by atoms with Crippen molar-refractivity contribution in [1.82, 2.24) is 30.0 Å². The molecule has 0 bridgehead atoms. The second-order valence-electron chi connectivity index (χ2n) is 5.96. The van der Waals surface area contributed by atoms with Gasteiger partial charge in [0.15, 0.2) is 0 Å². The monoisotopic (exact) mass is 312 g/mol. The van der Waals surface area contributed by atoms with E-state index in [-0.39, 0.29) is 11.9 Å². The van der Waals surface area contributed by atoms with Crippen LogP contribution in [0.25, 0.3) is 0 Å². The maximum atomic E-state index is 12.7. The Balaban J connectivity index is 1.83. The van der Waals surface area contributed by atoms with Gasteiger partial charge >= 0.3 is 0 Å². The van der Waals surface area contributed by atoms with Crippen LogP contribution in [0.1, 0.15) is 40.6 Å². The predicted octanol–water partition coefficient (Wildman–Crippen LogP) is 1.31. The first-order valence-corrected chi connectivity index (χ1v) is 7.68. The van der Waals surface area contributed by atoms with Gasteiger partial charge in [-0.3, -0.25) is 14.8 Å². The number of aromatic nitrogens is 4. The lowest BCUT2D eigenvalue weighted by atomic mass is 10.1. The van der Waals surface area contributed by atoms with Gasteiger partial charge in [0.25, 0.3) is 5.91 Å². The molecule has 0 spiro atoms. The molecule has 0 N–H and O–H groups in total. The van der Waals surface area contributed by atoms with E-state index in [2.05, 4.69) is 15.2 Å². The van der Waals surface area contributed by atoms with E-state index in [0.717, 1.165) is 37.3 Å². The van der Waals surface area contributed by atoms with E-state index in [1.54, 1.807) is 18.5 Å². The lowest BCUT2D eigenvalue weighted by Gasteiger charge is -2.24. The summed E-state index contributed by atoms with van der Waals surface area (Å²) < 4.78 is 0. The molecule has 1 aliphatic heterocycles. The molecule has 1 fully saturated rings. The van der Waals surface area contributed by atoms with Crippen molar-refractivity contribution >= 4 is 5.91 Å². The minimum atomic E-state index is -0.0257. The van der Waals surface area contributed by atoms with Crippen LogP contribution in [0.4, 0.5) is 0 Å². The van der Waals surface area contributed by atoms with Gasteiger partial charge in [-0.15, -0.1) is 0 Å². The average Bonchev–Trinajstić information content (AvgIpc) is 3.04. The molecule has 0 aliphatic carbocycles. The zero-order chi connectivity index (χ0) is 16.2. The molecule has 0 radical (unpaired) electrons. The summed E-state index contributed by atoms with van der Waals surface area (Å²) in [5.74, 6) is -0.0257. The van der Waals surface area contributed by atoms with Crippen molar-refractivity contribution in [3.8, 4) is 0 Å². The second-order valence-corrected chi connectivity index (χ2v) is 5.96. The minimum Gasteiger partial charge on any atom is -0.330 e. The number of carbonyl (C=O) groups excluding carboxylic acids is 1. The summed E-state index contributed by atoms with van der Waals surface area (Å²) in [6.07, 6.45) is 8.46. The van der Waals surface area contributed by atoms with Crippen LogP contribution >= 0.6 is 0 Å². The molecule has 23 heavy (non-hydrogen) atoms. The predicted molar refractivity (Wildman–Crippen MR) is 84.5 cm³/mol. The van der Waals surface area contributed by atoms with E-state index in [0.29, 0.717) is 5.56 Å². The van der Waals surface area contributed by atoms with Crippen LogP contribution in [0, 0.1) is 0 Å². The quantitative estimate of drug-likeness (QED) is 0.847. The third-order valence-electron chi connectivity index (χ3n) is 3.87. The molecule has 7 nitrogen and oxygen atoms in total. The fraction of sp³-hybridized carbons (Fsp3) is 0.438. The molecular weight excluding hydrogens is 292 g/mol. The number of rotatable bonds is 4. The first-order chi connectivity index (χ1) is 11.1. The maximum absolute atomic E-state index is 12.7. The third-order valence-corrected chi connectivity index (χ3v) is 3.87. The summed E-state index contributed by atoms with van der Waals surface area (Å²) in [6, 6.07) is 1.67. The number of amides is 1. The summed E-state index contributed by atoms with van der Waals surface area (Å²) in [4.78, 5) is 25.6. The Kier molecular flexibility index (Phi) is 4.57. The summed E-state index contributed by atoms with van der Waals surface area (Å²) in [7, 11) is 3.99. The Hall–Kier alpha value is -2.41. The van der Waals surface area contributed by atoms with E-state index in [4.69, 9.17) is 4.98 Å². The lowest BCUT2D eigenvalue weighted by Crippen LogP contribution is -2.31. The van der Waals surface area contributed by atoms with Crippen LogP contribution in [0.5, 0.6) is 0 Å². The molecule has 2 aromatic heterocycles. The molecule has 7 heteroatoms. The van der Waals surface area contributed by atoms with E-state index in [1.165, 1.54) is 12.4 Å². The third kappa shape index (κ3) is 3.50. The Bertz CT molecular complexity index is 675. The Morgan fingerprint density at radius 1 is 1.30 bits per heavy atom. The highest BCUT2D eigenvalue weighted by Crippen LogP contribution is 2.31. The van der Waals surface area contributed by atoms with Crippen molar-refractivity contribution in [3.63, 3.8) is 0 Å². The number of nitrogens with zero attached hydrogens (tertiary/aromatic N) is 6. The highest BCUT2D eigenvalue weighted by atomic mass is 16.2. The molecule has 0 aromatic carbocycles. The second kappa shape index (κ2) is 6.78. The van der Waals surface area contributed by atoms with Crippen molar-refractivity contribution in [2.75, 3.05) is 20.6 Å². The molecule has 2 aromatic rings. The molecule has 0 unspecified atom stereocenters. The zero-order valence-corrected chi connectivity index (χ0v) is 13.4. The SMILES string of the molecule is CN(C)Cc1cncc([C@@H]2CCCN2C(=O)c2ccnnc2)n1. The summed E-state index contributed by atoms with van der Waals surface area (Å²) in [5.41, 5.74) is 2.33. The average molecular weight is 312 g/mol. The largest absolute Gasteiger partial charge is 0.330 e. The van der Waals surface area contributed by atoms with Crippen molar-refractivity contribution in [2.24, 2.45) is 0 Å². The zero-order valence-electron chi connectivity index (χ0n) is 13.4. The van der Waals surface area contributed by atoms with Crippen LogP contribution < -0.4 is 0 Å². The minimum absolute atomic E-state index is 0.0229. The van der Waals surface area contributed by atoms with Crippen molar-refractivity contribution in [2.45, 2.75) is 25.4 Å². The first kappa shape index (κ1) is 15.5. The molecule has 1 amide bonds. The Labute approximate surface area is 135 Å². The first-order valence-electron chi connectivity index (χ1n) is 7.68. The highest BCUT2D eigenvalue weighted by molar-refractivity contribution is 5.94. The fourth-order valence-corrected chi connectivity index (χ4v) is 2.88. The van der Waals surface area contributed by atoms with Crippen LogP contribution in [-0.2, 0) is 6.54 Å². The topological polar surface area (TPSA) is 75.1 Å². The molecule has 3 heterocycles. The highest BCUT2D eigenvalue weighted by Gasteiger charge is 2.32. The van der Waals surface area contributed by atoms with E-state index in [9.17, 15) is 4.79 Å². The lowest BCUT2D eigenvalue weighted by molar-refractivity contribution is 0.0731. The van der Waals surface area contributed by atoms with Crippen molar-refractivity contribution in [1.29, 1.82) is 0 Å². The standard InChI is InChI=1S/C16H20N6O/c1-21(2)11-13-9-17-10-14(20-13)15-4-3-7-22(15)16(23)12-5-6-18-19-8-12/h5-6,8-10,15H,3-4,7,11H2,1-2H3/t15-/m0/s1.